The van der Waals surface area contributed by atoms with Crippen molar-refractivity contribution in [1.82, 2.24) is 0 Å². The van der Waals surface area contributed by atoms with Crippen molar-refractivity contribution in [3.05, 3.63) is 59.1 Å². The number of benzene rings is 2. The van der Waals surface area contributed by atoms with Gasteiger partial charge in [-0.2, -0.15) is 0 Å². The first-order valence-corrected chi connectivity index (χ1v) is 7.78. The van der Waals surface area contributed by atoms with E-state index in [1.807, 2.05) is 12.1 Å². The Kier molecular flexibility index (Phi) is 5.46. The molecule has 0 saturated carbocycles. The second kappa shape index (κ2) is 7.33. The number of aromatic carboxylic acids is 1. The van der Waals surface area contributed by atoms with Crippen LogP contribution in [0.25, 0.3) is 0 Å². The highest BCUT2D eigenvalue weighted by molar-refractivity contribution is 8.00. The van der Waals surface area contributed by atoms with Crippen LogP contribution in [0.5, 0.6) is 0 Å². The second-order valence-corrected chi connectivity index (χ2v) is 6.40. The van der Waals surface area contributed by atoms with Gasteiger partial charge in [0.25, 0.3) is 0 Å². The van der Waals surface area contributed by atoms with Crippen LogP contribution in [0.4, 0.5) is 5.69 Å². The molecule has 22 heavy (non-hydrogen) atoms. The number of carbonyl (C=O) groups is 2. The van der Waals surface area contributed by atoms with Crippen LogP contribution < -0.4 is 5.32 Å². The van der Waals surface area contributed by atoms with E-state index < -0.39 is 5.97 Å². The molecule has 0 unspecified atom stereocenters. The van der Waals surface area contributed by atoms with Crippen LogP contribution in [0.15, 0.2) is 53.4 Å². The number of para-hydroxylation sites is 1. The molecule has 1 amide bonds. The fourth-order valence-electron chi connectivity index (χ4n) is 1.78. The maximum atomic E-state index is 12.2. The van der Waals surface area contributed by atoms with Gasteiger partial charge in [-0.15, -0.1) is 11.8 Å². The molecule has 4 nitrogen and oxygen atoms in total. The van der Waals surface area contributed by atoms with Crippen molar-refractivity contribution in [2.75, 3.05) is 5.32 Å². The molecule has 2 rings (SSSR count). The first-order valence-electron chi connectivity index (χ1n) is 6.53. The number of rotatable bonds is 5. The van der Waals surface area contributed by atoms with Gasteiger partial charge in [-0.25, -0.2) is 4.79 Å². The molecule has 2 N–H and O–H groups in total. The summed E-state index contributed by atoms with van der Waals surface area (Å²) < 4.78 is 0. The maximum absolute atomic E-state index is 12.2. The summed E-state index contributed by atoms with van der Waals surface area (Å²) >= 11 is 7.20. The minimum Gasteiger partial charge on any atom is -0.478 e. The van der Waals surface area contributed by atoms with Gasteiger partial charge in [0, 0.05) is 9.92 Å². The Hall–Kier alpha value is -1.98. The number of thioether (sulfide) groups is 1. The summed E-state index contributed by atoms with van der Waals surface area (Å²) in [6.07, 6.45) is 0. The predicted molar refractivity (Wildman–Crippen MR) is 88.8 cm³/mol. The van der Waals surface area contributed by atoms with Crippen LogP contribution in [-0.2, 0) is 4.79 Å². The lowest BCUT2D eigenvalue weighted by atomic mass is 10.2. The fraction of sp³-hybridized carbons (Fsp3) is 0.125. The van der Waals surface area contributed by atoms with E-state index in [4.69, 9.17) is 16.7 Å². The zero-order chi connectivity index (χ0) is 16.1. The van der Waals surface area contributed by atoms with Crippen molar-refractivity contribution < 1.29 is 14.7 Å². The Bertz CT molecular complexity index is 688. The molecular weight excluding hydrogens is 322 g/mol. The van der Waals surface area contributed by atoms with Gasteiger partial charge in [-0.3, -0.25) is 4.79 Å². The SMILES string of the molecule is C[C@@H](Sc1ccc(Cl)cc1)C(=O)Nc1ccccc1C(=O)O. The molecule has 0 fully saturated rings. The molecule has 6 heteroatoms. The monoisotopic (exact) mass is 335 g/mol. The van der Waals surface area contributed by atoms with Gasteiger partial charge >= 0.3 is 5.97 Å². The number of amides is 1. The molecule has 0 spiro atoms. The van der Waals surface area contributed by atoms with Crippen molar-refractivity contribution in [2.45, 2.75) is 17.1 Å². The lowest BCUT2D eigenvalue weighted by Gasteiger charge is -2.13. The van der Waals surface area contributed by atoms with Gasteiger partial charge < -0.3 is 10.4 Å². The topological polar surface area (TPSA) is 66.4 Å². The predicted octanol–water partition coefficient (Wildman–Crippen LogP) is 4.16. The molecule has 0 aliphatic carbocycles. The third-order valence-electron chi connectivity index (χ3n) is 2.91. The van der Waals surface area contributed by atoms with Crippen LogP contribution in [-0.4, -0.2) is 22.2 Å². The van der Waals surface area contributed by atoms with Crippen molar-refractivity contribution in [3.8, 4) is 0 Å². The van der Waals surface area contributed by atoms with Crippen LogP contribution in [0.2, 0.25) is 5.02 Å². The highest BCUT2D eigenvalue weighted by Crippen LogP contribution is 2.26. The Labute approximate surface area is 137 Å². The smallest absolute Gasteiger partial charge is 0.337 e. The number of carboxylic acid groups (broad SMARTS) is 1. The fourth-order valence-corrected chi connectivity index (χ4v) is 2.78. The highest BCUT2D eigenvalue weighted by atomic mass is 35.5. The Balaban J connectivity index is 2.05. The number of halogens is 1. The first kappa shape index (κ1) is 16.4. The molecule has 0 heterocycles. The van der Waals surface area contributed by atoms with Gasteiger partial charge in [-0.1, -0.05) is 23.7 Å². The maximum Gasteiger partial charge on any atom is 0.337 e. The lowest BCUT2D eigenvalue weighted by molar-refractivity contribution is -0.115. The van der Waals surface area contributed by atoms with Crippen LogP contribution >= 0.6 is 23.4 Å². The summed E-state index contributed by atoms with van der Waals surface area (Å²) in [6, 6.07) is 13.5. The number of carboxylic acids is 1. The molecule has 0 aliphatic rings. The van der Waals surface area contributed by atoms with Gasteiger partial charge in [0.05, 0.1) is 16.5 Å². The van der Waals surface area contributed by atoms with E-state index in [-0.39, 0.29) is 16.7 Å². The normalized spacial score (nSPS) is 11.7. The molecule has 114 valence electrons. The average Bonchev–Trinajstić information content (AvgIpc) is 2.49. The van der Waals surface area contributed by atoms with Crippen molar-refractivity contribution in [2.24, 2.45) is 0 Å². The van der Waals surface area contributed by atoms with Crippen LogP contribution in [0.1, 0.15) is 17.3 Å². The Morgan fingerprint density at radius 2 is 1.77 bits per heavy atom. The van der Waals surface area contributed by atoms with E-state index in [0.29, 0.717) is 10.7 Å². The van der Waals surface area contributed by atoms with E-state index in [9.17, 15) is 9.59 Å². The third-order valence-corrected chi connectivity index (χ3v) is 4.28. The quantitative estimate of drug-likeness (QED) is 0.805. The second-order valence-electron chi connectivity index (χ2n) is 4.55. The summed E-state index contributed by atoms with van der Waals surface area (Å²) in [7, 11) is 0. The Morgan fingerprint density at radius 1 is 1.14 bits per heavy atom. The number of hydrogen-bond donors (Lipinski definition) is 2. The molecule has 0 bridgehead atoms. The van der Waals surface area contributed by atoms with Crippen LogP contribution in [0, 0.1) is 0 Å². The summed E-state index contributed by atoms with van der Waals surface area (Å²) in [6.45, 7) is 1.76. The molecule has 0 radical (unpaired) electrons. The lowest BCUT2D eigenvalue weighted by Crippen LogP contribution is -2.23. The number of nitrogens with one attached hydrogen (secondary N) is 1. The van der Waals surface area contributed by atoms with E-state index in [0.717, 1.165) is 4.90 Å². The Morgan fingerprint density at radius 3 is 2.41 bits per heavy atom. The number of hydrogen-bond acceptors (Lipinski definition) is 3. The van der Waals surface area contributed by atoms with Gasteiger partial charge in [-0.05, 0) is 43.3 Å². The van der Waals surface area contributed by atoms with E-state index >= 15 is 0 Å². The van der Waals surface area contributed by atoms with Gasteiger partial charge in [0.15, 0.2) is 0 Å². The summed E-state index contributed by atoms with van der Waals surface area (Å²) in [4.78, 5) is 24.2. The number of carbonyl (C=O) groups excluding carboxylic acids is 1. The summed E-state index contributed by atoms with van der Waals surface area (Å²) in [5.41, 5.74) is 0.364. The molecule has 0 saturated heterocycles. The first-order chi connectivity index (χ1) is 10.5. The van der Waals surface area contributed by atoms with E-state index in [2.05, 4.69) is 5.32 Å². The standard InChI is InChI=1S/C16H14ClNO3S/c1-10(22-12-8-6-11(17)7-9-12)15(19)18-14-5-3-2-4-13(14)16(20)21/h2-10H,1H3,(H,18,19)(H,20,21)/t10-/m1/s1. The molecule has 1 atom stereocenters. The van der Waals surface area contributed by atoms with E-state index in [1.165, 1.54) is 17.8 Å². The molecule has 2 aromatic carbocycles. The van der Waals surface area contributed by atoms with Crippen LogP contribution in [0.3, 0.4) is 0 Å². The molecule has 0 aromatic heterocycles. The minimum absolute atomic E-state index is 0.0690. The largest absolute Gasteiger partial charge is 0.478 e. The number of anilines is 1. The van der Waals surface area contributed by atoms with Gasteiger partial charge in [0.2, 0.25) is 5.91 Å². The average molecular weight is 336 g/mol. The summed E-state index contributed by atoms with van der Waals surface area (Å²) in [5, 5.41) is 12.0. The van der Waals surface area contributed by atoms with Crippen molar-refractivity contribution in [3.63, 3.8) is 0 Å². The summed E-state index contributed by atoms with van der Waals surface area (Å²) in [5.74, 6) is -1.33. The zero-order valence-electron chi connectivity index (χ0n) is 11.7. The highest BCUT2D eigenvalue weighted by Gasteiger charge is 2.17. The molecule has 2 aromatic rings. The van der Waals surface area contributed by atoms with E-state index in [1.54, 1.807) is 37.3 Å². The molecular formula is C16H14ClNO3S. The molecule has 0 aliphatic heterocycles. The van der Waals surface area contributed by atoms with Gasteiger partial charge in [0.1, 0.15) is 0 Å². The van der Waals surface area contributed by atoms with Crippen molar-refractivity contribution >= 4 is 40.9 Å². The minimum atomic E-state index is -1.08. The zero-order valence-corrected chi connectivity index (χ0v) is 13.3. The third kappa shape index (κ3) is 4.26. The van der Waals surface area contributed by atoms with Crippen molar-refractivity contribution in [1.29, 1.82) is 0 Å².